The third kappa shape index (κ3) is 3.65. The molecule has 1 aromatic carbocycles. The molecule has 0 saturated heterocycles. The molecule has 0 fully saturated rings. The van der Waals surface area contributed by atoms with Crippen LogP contribution in [0.5, 0.6) is 0 Å². The van der Waals surface area contributed by atoms with Gasteiger partial charge in [0.15, 0.2) is 0 Å². The first-order valence-electron chi connectivity index (χ1n) is 7.83. The molecular weight excluding hydrogens is 322 g/mol. The van der Waals surface area contributed by atoms with Crippen LogP contribution in [0.15, 0.2) is 41.4 Å². The number of para-hydroxylation sites is 1. The van der Waals surface area contributed by atoms with E-state index in [0.717, 1.165) is 0 Å². The zero-order valence-electron chi connectivity index (χ0n) is 14.2. The quantitative estimate of drug-likeness (QED) is 0.737. The highest BCUT2D eigenvalue weighted by molar-refractivity contribution is 5.93. The molecule has 3 rings (SSSR count). The van der Waals surface area contributed by atoms with Gasteiger partial charge in [-0.2, -0.15) is 5.10 Å². The van der Waals surface area contributed by atoms with Crippen LogP contribution >= 0.6 is 0 Å². The standard InChI is InChI=1S/C16H19N7O2/c1-10(2)13(14-17-8-19-23(14)3)21-16(24)20-12-7-5-4-6-11(12)15-22-18-9-25-15/h4-10,13H,1-3H3,(H2,20,21,24). The Hall–Kier alpha value is -3.23. The maximum atomic E-state index is 12.5. The fourth-order valence-corrected chi connectivity index (χ4v) is 2.48. The molecule has 130 valence electrons. The van der Waals surface area contributed by atoms with Crippen molar-refractivity contribution in [1.29, 1.82) is 0 Å². The lowest BCUT2D eigenvalue weighted by atomic mass is 10.0. The number of benzene rings is 1. The Morgan fingerprint density at radius 3 is 2.72 bits per heavy atom. The largest absolute Gasteiger partial charge is 0.423 e. The molecule has 0 aliphatic heterocycles. The van der Waals surface area contributed by atoms with Crippen LogP contribution in [-0.2, 0) is 7.05 Å². The molecule has 1 atom stereocenters. The molecule has 2 aromatic heterocycles. The van der Waals surface area contributed by atoms with Crippen molar-refractivity contribution < 1.29 is 9.21 Å². The van der Waals surface area contributed by atoms with Gasteiger partial charge in [0.25, 0.3) is 0 Å². The Morgan fingerprint density at radius 2 is 2.08 bits per heavy atom. The Bertz CT molecular complexity index is 842. The highest BCUT2D eigenvalue weighted by atomic mass is 16.4. The molecule has 2 N–H and O–H groups in total. The van der Waals surface area contributed by atoms with Gasteiger partial charge in [0, 0.05) is 7.05 Å². The predicted octanol–water partition coefficient (Wildman–Crippen LogP) is 2.38. The van der Waals surface area contributed by atoms with Gasteiger partial charge in [0.05, 0.1) is 17.3 Å². The van der Waals surface area contributed by atoms with Gasteiger partial charge in [-0.05, 0) is 18.1 Å². The van der Waals surface area contributed by atoms with E-state index >= 15 is 0 Å². The predicted molar refractivity (Wildman–Crippen MR) is 90.5 cm³/mol. The van der Waals surface area contributed by atoms with E-state index in [1.165, 1.54) is 12.7 Å². The number of nitrogens with one attached hydrogen (secondary N) is 2. The van der Waals surface area contributed by atoms with Crippen LogP contribution in [0.25, 0.3) is 11.5 Å². The van der Waals surface area contributed by atoms with E-state index in [2.05, 4.69) is 30.9 Å². The Labute approximate surface area is 144 Å². The number of carbonyl (C=O) groups is 1. The van der Waals surface area contributed by atoms with Crippen LogP contribution in [-0.4, -0.2) is 31.0 Å². The van der Waals surface area contributed by atoms with Gasteiger partial charge < -0.3 is 15.1 Å². The molecule has 0 aliphatic rings. The SMILES string of the molecule is CC(C)C(NC(=O)Nc1ccccc1-c1nnco1)c1ncnn1C. The van der Waals surface area contributed by atoms with Gasteiger partial charge in [0.2, 0.25) is 12.3 Å². The zero-order chi connectivity index (χ0) is 17.8. The summed E-state index contributed by atoms with van der Waals surface area (Å²) in [6.07, 6.45) is 2.71. The minimum Gasteiger partial charge on any atom is -0.423 e. The topological polar surface area (TPSA) is 111 Å². The Balaban J connectivity index is 1.78. The lowest BCUT2D eigenvalue weighted by Crippen LogP contribution is -2.36. The van der Waals surface area contributed by atoms with Crippen molar-refractivity contribution in [2.45, 2.75) is 19.9 Å². The third-order valence-electron chi connectivity index (χ3n) is 3.74. The minimum atomic E-state index is -0.353. The minimum absolute atomic E-state index is 0.139. The van der Waals surface area contributed by atoms with Gasteiger partial charge in [-0.15, -0.1) is 10.2 Å². The summed E-state index contributed by atoms with van der Waals surface area (Å²) >= 11 is 0. The summed E-state index contributed by atoms with van der Waals surface area (Å²) in [6, 6.07) is 6.59. The van der Waals surface area contributed by atoms with Crippen LogP contribution in [0.3, 0.4) is 0 Å². The number of hydrogen-bond acceptors (Lipinski definition) is 6. The number of aryl methyl sites for hydroxylation is 1. The van der Waals surface area contributed by atoms with Crippen molar-refractivity contribution in [2.24, 2.45) is 13.0 Å². The second-order valence-electron chi connectivity index (χ2n) is 5.85. The number of rotatable bonds is 5. The van der Waals surface area contributed by atoms with Crippen LogP contribution < -0.4 is 10.6 Å². The summed E-state index contributed by atoms with van der Waals surface area (Å²) in [5.74, 6) is 1.17. The average molecular weight is 341 g/mol. The van der Waals surface area contributed by atoms with Crippen molar-refractivity contribution in [2.75, 3.05) is 5.32 Å². The maximum absolute atomic E-state index is 12.5. The fraction of sp³-hybridized carbons (Fsp3) is 0.312. The molecule has 0 bridgehead atoms. The summed E-state index contributed by atoms with van der Waals surface area (Å²) in [5.41, 5.74) is 1.22. The van der Waals surface area contributed by atoms with Crippen molar-refractivity contribution in [3.63, 3.8) is 0 Å². The summed E-state index contributed by atoms with van der Waals surface area (Å²) in [7, 11) is 1.79. The third-order valence-corrected chi connectivity index (χ3v) is 3.74. The molecule has 0 aliphatic carbocycles. The molecular formula is C16H19N7O2. The zero-order valence-corrected chi connectivity index (χ0v) is 14.2. The first kappa shape index (κ1) is 16.6. The number of aromatic nitrogens is 5. The van der Waals surface area contributed by atoms with Crippen LogP contribution in [0.1, 0.15) is 25.7 Å². The van der Waals surface area contributed by atoms with E-state index in [9.17, 15) is 4.79 Å². The second kappa shape index (κ2) is 7.12. The Morgan fingerprint density at radius 1 is 1.28 bits per heavy atom. The van der Waals surface area contributed by atoms with Gasteiger partial charge in [-0.3, -0.25) is 4.68 Å². The van der Waals surface area contributed by atoms with E-state index in [1.807, 2.05) is 26.0 Å². The van der Waals surface area contributed by atoms with Crippen LogP contribution in [0, 0.1) is 5.92 Å². The normalized spacial score (nSPS) is 12.2. The molecule has 3 aromatic rings. The van der Waals surface area contributed by atoms with Gasteiger partial charge in [-0.25, -0.2) is 9.78 Å². The van der Waals surface area contributed by atoms with Crippen molar-refractivity contribution in [3.8, 4) is 11.5 Å². The highest BCUT2D eigenvalue weighted by Crippen LogP contribution is 2.26. The first-order chi connectivity index (χ1) is 12.1. The first-order valence-corrected chi connectivity index (χ1v) is 7.83. The maximum Gasteiger partial charge on any atom is 0.319 e. The summed E-state index contributed by atoms with van der Waals surface area (Å²) in [6.45, 7) is 4.01. The van der Waals surface area contributed by atoms with Crippen LogP contribution in [0.4, 0.5) is 10.5 Å². The van der Waals surface area contributed by atoms with Gasteiger partial charge in [-0.1, -0.05) is 26.0 Å². The number of carbonyl (C=O) groups excluding carboxylic acids is 1. The molecule has 9 nitrogen and oxygen atoms in total. The molecule has 25 heavy (non-hydrogen) atoms. The van der Waals surface area contributed by atoms with Crippen molar-refractivity contribution in [1.82, 2.24) is 30.3 Å². The van der Waals surface area contributed by atoms with Crippen molar-refractivity contribution >= 4 is 11.7 Å². The molecule has 1 unspecified atom stereocenters. The Kier molecular flexibility index (Phi) is 4.73. The average Bonchev–Trinajstić information content (AvgIpc) is 3.24. The lowest BCUT2D eigenvalue weighted by molar-refractivity contribution is 0.243. The van der Waals surface area contributed by atoms with Crippen LogP contribution in [0.2, 0.25) is 0 Å². The van der Waals surface area contributed by atoms with Gasteiger partial charge >= 0.3 is 6.03 Å². The fourth-order valence-electron chi connectivity index (χ4n) is 2.48. The molecule has 0 saturated carbocycles. The summed E-state index contributed by atoms with van der Waals surface area (Å²) in [4.78, 5) is 16.7. The number of urea groups is 1. The monoisotopic (exact) mass is 341 g/mol. The van der Waals surface area contributed by atoms with Gasteiger partial charge in [0.1, 0.15) is 12.2 Å². The molecule has 2 heterocycles. The summed E-state index contributed by atoms with van der Waals surface area (Å²) < 4.78 is 6.87. The summed E-state index contributed by atoms with van der Waals surface area (Å²) in [5, 5.41) is 17.4. The van der Waals surface area contributed by atoms with Crippen molar-refractivity contribution in [3.05, 3.63) is 42.8 Å². The van der Waals surface area contributed by atoms with E-state index in [1.54, 1.807) is 23.9 Å². The second-order valence-corrected chi connectivity index (χ2v) is 5.85. The number of nitrogens with zero attached hydrogens (tertiary/aromatic N) is 5. The highest BCUT2D eigenvalue weighted by Gasteiger charge is 2.23. The molecule has 9 heteroatoms. The molecule has 0 spiro atoms. The number of hydrogen-bond donors (Lipinski definition) is 2. The number of anilines is 1. The number of amides is 2. The smallest absolute Gasteiger partial charge is 0.319 e. The van der Waals surface area contributed by atoms with E-state index in [0.29, 0.717) is 23.0 Å². The van der Waals surface area contributed by atoms with E-state index in [4.69, 9.17) is 4.42 Å². The lowest BCUT2D eigenvalue weighted by Gasteiger charge is -2.22. The van der Waals surface area contributed by atoms with E-state index in [-0.39, 0.29) is 18.0 Å². The van der Waals surface area contributed by atoms with E-state index < -0.39 is 0 Å². The molecule has 2 amide bonds. The molecule has 0 radical (unpaired) electrons.